The number of carbonyl (C=O) groups is 1. The first kappa shape index (κ1) is 26.6. The van der Waals surface area contributed by atoms with Crippen molar-refractivity contribution in [2.45, 2.75) is 38.5 Å². The number of aliphatic hydroxyl groups excluding tert-OH is 1. The number of ether oxygens (including phenoxy) is 1. The highest BCUT2D eigenvalue weighted by Crippen LogP contribution is 2.48. The molecule has 4 rings (SSSR count). The summed E-state index contributed by atoms with van der Waals surface area (Å²) < 4.78 is 31.6. The number of H-pyrrole nitrogens is 1. The number of benzene rings is 1. The lowest BCUT2D eigenvalue weighted by Crippen LogP contribution is -2.35. The van der Waals surface area contributed by atoms with Crippen LogP contribution in [0.25, 0.3) is 11.2 Å². The molecule has 0 bridgehead atoms. The maximum atomic E-state index is 13.7. The third kappa shape index (κ3) is 5.75. The smallest absolute Gasteiger partial charge is 0.459 e. The Balaban J connectivity index is 1.53. The molecular weight excluding hydrogens is 503 g/mol. The highest BCUT2D eigenvalue weighted by Gasteiger charge is 2.41. The van der Waals surface area contributed by atoms with Crippen molar-refractivity contribution in [1.29, 1.82) is 0 Å². The molecular formula is C23H29N6O7P. The molecule has 1 saturated carbocycles. The van der Waals surface area contributed by atoms with E-state index >= 15 is 0 Å². The van der Waals surface area contributed by atoms with E-state index in [0.29, 0.717) is 5.57 Å². The molecule has 5 N–H and O–H groups in total. The summed E-state index contributed by atoms with van der Waals surface area (Å²) in [6.45, 7) is 7.18. The highest BCUT2D eigenvalue weighted by atomic mass is 31.2. The Kier molecular flexibility index (Phi) is 7.79. The van der Waals surface area contributed by atoms with Gasteiger partial charge in [-0.15, -0.1) is 0 Å². The molecule has 13 nitrogen and oxygen atoms in total. The molecule has 0 spiro atoms. The summed E-state index contributed by atoms with van der Waals surface area (Å²) >= 11 is 0. The number of imidazole rings is 1. The molecule has 37 heavy (non-hydrogen) atoms. The lowest BCUT2D eigenvalue weighted by atomic mass is 10.0. The maximum Gasteiger partial charge on any atom is 0.459 e. The quantitative estimate of drug-likeness (QED) is 0.170. The van der Waals surface area contributed by atoms with E-state index in [1.807, 2.05) is 0 Å². The zero-order valence-electron chi connectivity index (χ0n) is 20.4. The minimum absolute atomic E-state index is 0.0657. The molecule has 14 heteroatoms. The Labute approximate surface area is 212 Å². The van der Waals surface area contributed by atoms with Crippen molar-refractivity contribution in [2.75, 3.05) is 18.9 Å². The summed E-state index contributed by atoms with van der Waals surface area (Å²) in [5, 5.41) is 13.4. The van der Waals surface area contributed by atoms with Gasteiger partial charge >= 0.3 is 13.7 Å². The van der Waals surface area contributed by atoms with Crippen LogP contribution in [-0.2, 0) is 18.6 Å². The summed E-state index contributed by atoms with van der Waals surface area (Å²) in [5.41, 5.74) is 6.13. The number of aromatic amines is 1. The molecule has 2 aromatic heterocycles. The minimum atomic E-state index is -4.11. The van der Waals surface area contributed by atoms with Crippen molar-refractivity contribution in [3.63, 3.8) is 0 Å². The van der Waals surface area contributed by atoms with Crippen LogP contribution in [0.4, 0.5) is 5.95 Å². The van der Waals surface area contributed by atoms with Gasteiger partial charge in [0.15, 0.2) is 11.2 Å². The number of hydrogen-bond acceptors (Lipinski definition) is 10. The molecule has 2 heterocycles. The number of para-hydroxylation sites is 1. The van der Waals surface area contributed by atoms with Gasteiger partial charge in [0, 0.05) is 5.92 Å². The number of anilines is 1. The van der Waals surface area contributed by atoms with Crippen LogP contribution in [0.3, 0.4) is 0 Å². The van der Waals surface area contributed by atoms with E-state index in [0.717, 1.165) is 0 Å². The van der Waals surface area contributed by atoms with Crippen molar-refractivity contribution in [2.24, 2.45) is 5.92 Å². The van der Waals surface area contributed by atoms with E-state index in [1.165, 1.54) is 13.3 Å². The molecule has 1 aliphatic carbocycles. The van der Waals surface area contributed by atoms with Crippen LogP contribution < -0.4 is 20.9 Å². The van der Waals surface area contributed by atoms with Gasteiger partial charge in [-0.25, -0.2) is 9.55 Å². The second-order valence-corrected chi connectivity index (χ2v) is 10.3. The molecule has 3 aromatic rings. The van der Waals surface area contributed by atoms with Gasteiger partial charge in [0.2, 0.25) is 5.95 Å². The van der Waals surface area contributed by atoms with Crippen LogP contribution in [0.1, 0.15) is 26.3 Å². The fourth-order valence-electron chi connectivity index (χ4n) is 4.17. The molecule has 0 saturated heterocycles. The van der Waals surface area contributed by atoms with Crippen molar-refractivity contribution in [3.05, 3.63) is 59.2 Å². The third-order valence-corrected chi connectivity index (χ3v) is 7.65. The fraction of sp³-hybridized carbons (Fsp3) is 0.391. The van der Waals surface area contributed by atoms with Gasteiger partial charge in [0.1, 0.15) is 11.8 Å². The molecule has 1 aliphatic rings. The molecule has 5 atom stereocenters. The van der Waals surface area contributed by atoms with Crippen molar-refractivity contribution in [1.82, 2.24) is 24.6 Å². The van der Waals surface area contributed by atoms with Gasteiger partial charge in [-0.1, -0.05) is 24.8 Å². The number of nitrogen functional groups attached to an aromatic ring is 1. The SMILES string of the molecule is C=C1[C@H](CO[P@@](=O)(N[C@H](C)C(=O)OCC)Oc2ccccc2)[C@@H](O)C[C@@H]1n1cnc2c(=O)[nH]c(N)nc21. The predicted molar refractivity (Wildman–Crippen MR) is 135 cm³/mol. The normalized spacial score (nSPS) is 22.0. The van der Waals surface area contributed by atoms with Crippen molar-refractivity contribution in [3.8, 4) is 5.75 Å². The lowest BCUT2D eigenvalue weighted by molar-refractivity contribution is -0.144. The van der Waals surface area contributed by atoms with Crippen LogP contribution in [0.5, 0.6) is 5.75 Å². The number of nitrogens with one attached hydrogen (secondary N) is 2. The Bertz CT molecular complexity index is 1390. The summed E-state index contributed by atoms with van der Waals surface area (Å²) in [7, 11) is -4.11. The average Bonchev–Trinajstić information content (AvgIpc) is 3.38. The zero-order chi connectivity index (χ0) is 26.7. The minimum Gasteiger partial charge on any atom is -0.465 e. The summed E-state index contributed by atoms with van der Waals surface area (Å²) in [5.74, 6) is -1.07. The van der Waals surface area contributed by atoms with E-state index in [4.69, 9.17) is 19.5 Å². The number of nitrogens with zero attached hydrogens (tertiary/aromatic N) is 3. The van der Waals surface area contributed by atoms with Gasteiger partial charge in [0.25, 0.3) is 5.56 Å². The highest BCUT2D eigenvalue weighted by molar-refractivity contribution is 7.52. The van der Waals surface area contributed by atoms with E-state index < -0.39 is 43.4 Å². The van der Waals surface area contributed by atoms with Crippen LogP contribution in [-0.4, -0.2) is 56.0 Å². The van der Waals surface area contributed by atoms with Crippen molar-refractivity contribution >= 4 is 30.8 Å². The van der Waals surface area contributed by atoms with Crippen LogP contribution >= 0.6 is 7.75 Å². The molecule has 0 aliphatic heterocycles. The number of aliphatic hydroxyl groups is 1. The number of carbonyl (C=O) groups excluding carboxylic acids is 1. The Morgan fingerprint density at radius 2 is 2.14 bits per heavy atom. The third-order valence-electron chi connectivity index (χ3n) is 6.00. The Morgan fingerprint density at radius 1 is 1.41 bits per heavy atom. The number of hydrogen-bond donors (Lipinski definition) is 4. The molecule has 0 unspecified atom stereocenters. The predicted octanol–water partition coefficient (Wildman–Crippen LogP) is 1.92. The van der Waals surface area contributed by atoms with Gasteiger partial charge in [-0.3, -0.25) is 19.1 Å². The van der Waals surface area contributed by atoms with Crippen LogP contribution in [0, 0.1) is 5.92 Å². The van der Waals surface area contributed by atoms with Crippen molar-refractivity contribution < 1.29 is 28.3 Å². The Morgan fingerprint density at radius 3 is 2.84 bits per heavy atom. The van der Waals surface area contributed by atoms with E-state index in [1.54, 1.807) is 41.8 Å². The second-order valence-electron chi connectivity index (χ2n) is 8.58. The number of fused-ring (bicyclic) bond motifs is 1. The standard InChI is InChI=1S/C23H29N6O7P/c1-4-34-22(32)14(3)28-37(33,36-15-8-6-5-7-9-15)35-11-16-13(2)17(10-18(16)30)29-12-25-19-20(29)26-23(24)27-21(19)31/h5-9,12,14,16-18,30H,2,4,10-11H2,1,3H3,(H,28,33)(H3,24,26,27,31)/t14-,16+,17+,18+,37+/m1/s1. The zero-order valence-corrected chi connectivity index (χ0v) is 21.3. The fourth-order valence-corrected chi connectivity index (χ4v) is 5.68. The number of esters is 1. The summed E-state index contributed by atoms with van der Waals surface area (Å²) in [4.78, 5) is 35.0. The van der Waals surface area contributed by atoms with Gasteiger partial charge in [-0.05, 0) is 38.0 Å². The summed E-state index contributed by atoms with van der Waals surface area (Å²) in [6, 6.07) is 6.88. The number of rotatable bonds is 10. The lowest BCUT2D eigenvalue weighted by Gasteiger charge is -2.25. The largest absolute Gasteiger partial charge is 0.465 e. The van der Waals surface area contributed by atoms with E-state index in [2.05, 4.69) is 26.6 Å². The van der Waals surface area contributed by atoms with Gasteiger partial charge in [-0.2, -0.15) is 10.1 Å². The van der Waals surface area contributed by atoms with Crippen LogP contribution in [0.2, 0.25) is 0 Å². The number of aromatic nitrogens is 4. The first-order chi connectivity index (χ1) is 17.6. The van der Waals surface area contributed by atoms with Crippen LogP contribution in [0.15, 0.2) is 53.6 Å². The monoisotopic (exact) mass is 532 g/mol. The number of nitrogens with two attached hydrogens (primary N) is 1. The molecule has 1 aromatic carbocycles. The van der Waals surface area contributed by atoms with Gasteiger partial charge < -0.3 is 24.7 Å². The van der Waals surface area contributed by atoms with E-state index in [-0.39, 0.29) is 42.5 Å². The summed E-state index contributed by atoms with van der Waals surface area (Å²) in [6.07, 6.45) is 0.745. The molecule has 1 fully saturated rings. The molecule has 0 amide bonds. The first-order valence-electron chi connectivity index (χ1n) is 11.6. The molecule has 0 radical (unpaired) electrons. The van der Waals surface area contributed by atoms with Gasteiger partial charge in [0.05, 0.1) is 31.7 Å². The van der Waals surface area contributed by atoms with E-state index in [9.17, 15) is 19.3 Å². The Hall–Kier alpha value is -3.51. The second kappa shape index (κ2) is 10.9. The first-order valence-corrected chi connectivity index (χ1v) is 13.2. The topological polar surface area (TPSA) is 184 Å². The maximum absolute atomic E-state index is 13.7. The average molecular weight is 532 g/mol. The molecule has 198 valence electrons.